The maximum atomic E-state index is 12.5. The number of piperazine rings is 1. The van der Waals surface area contributed by atoms with Gasteiger partial charge in [-0.3, -0.25) is 14.6 Å². The molecule has 0 unspecified atom stereocenters. The number of hydrogen-bond donors (Lipinski definition) is 0. The monoisotopic (exact) mass is 317 g/mol. The fourth-order valence-corrected chi connectivity index (χ4v) is 3.11. The standard InChI is InChI=1S/C16H23N5O2/c22-15-4-2-1-3-7-21(15)13-16(23)20-10-8-19(9-11-20)14-12-17-5-6-18-14/h5-6,12H,1-4,7-11,13H2. The normalized spacial score (nSPS) is 19.7. The summed E-state index contributed by atoms with van der Waals surface area (Å²) in [4.78, 5) is 38.5. The summed E-state index contributed by atoms with van der Waals surface area (Å²) in [6.45, 7) is 3.76. The quantitative estimate of drug-likeness (QED) is 0.813. The summed E-state index contributed by atoms with van der Waals surface area (Å²) < 4.78 is 0. The van der Waals surface area contributed by atoms with Crippen molar-refractivity contribution in [2.75, 3.05) is 44.2 Å². The number of likely N-dealkylation sites (tertiary alicyclic amines) is 1. The molecule has 0 radical (unpaired) electrons. The van der Waals surface area contributed by atoms with Crippen molar-refractivity contribution in [3.8, 4) is 0 Å². The van der Waals surface area contributed by atoms with Crippen molar-refractivity contribution in [3.63, 3.8) is 0 Å². The van der Waals surface area contributed by atoms with Crippen molar-refractivity contribution in [3.05, 3.63) is 18.6 Å². The molecule has 7 nitrogen and oxygen atoms in total. The number of carbonyl (C=O) groups excluding carboxylic acids is 2. The van der Waals surface area contributed by atoms with E-state index >= 15 is 0 Å². The van der Waals surface area contributed by atoms with Crippen LogP contribution in [0.5, 0.6) is 0 Å². The maximum absolute atomic E-state index is 12.5. The van der Waals surface area contributed by atoms with Crippen LogP contribution in [0.4, 0.5) is 5.82 Å². The van der Waals surface area contributed by atoms with E-state index in [2.05, 4.69) is 14.9 Å². The number of aromatic nitrogens is 2. The molecule has 1 aromatic rings. The third-order valence-electron chi connectivity index (χ3n) is 4.50. The molecule has 0 aliphatic carbocycles. The van der Waals surface area contributed by atoms with Gasteiger partial charge in [0.15, 0.2) is 0 Å². The van der Waals surface area contributed by atoms with Crippen molar-refractivity contribution >= 4 is 17.6 Å². The Morgan fingerprint density at radius 1 is 1.04 bits per heavy atom. The lowest BCUT2D eigenvalue weighted by Crippen LogP contribution is -2.52. The van der Waals surface area contributed by atoms with E-state index in [0.29, 0.717) is 26.1 Å². The topological polar surface area (TPSA) is 69.6 Å². The van der Waals surface area contributed by atoms with Gasteiger partial charge in [0.05, 0.1) is 12.7 Å². The zero-order valence-electron chi connectivity index (χ0n) is 13.4. The van der Waals surface area contributed by atoms with Crippen LogP contribution < -0.4 is 4.90 Å². The number of nitrogens with zero attached hydrogens (tertiary/aromatic N) is 5. The van der Waals surface area contributed by atoms with Crippen LogP contribution in [0.15, 0.2) is 18.6 Å². The lowest BCUT2D eigenvalue weighted by Gasteiger charge is -2.36. The zero-order chi connectivity index (χ0) is 16.1. The van der Waals surface area contributed by atoms with Gasteiger partial charge in [-0.15, -0.1) is 0 Å². The average Bonchev–Trinajstić information content (AvgIpc) is 2.80. The van der Waals surface area contributed by atoms with Gasteiger partial charge in [-0.2, -0.15) is 0 Å². The van der Waals surface area contributed by atoms with Gasteiger partial charge in [0.1, 0.15) is 5.82 Å². The van der Waals surface area contributed by atoms with Crippen molar-refractivity contribution in [1.29, 1.82) is 0 Å². The summed E-state index contributed by atoms with van der Waals surface area (Å²) in [5.74, 6) is 1.02. The fourth-order valence-electron chi connectivity index (χ4n) is 3.11. The van der Waals surface area contributed by atoms with E-state index in [4.69, 9.17) is 0 Å². The molecule has 124 valence electrons. The van der Waals surface area contributed by atoms with Gasteiger partial charge in [0.2, 0.25) is 11.8 Å². The molecule has 3 heterocycles. The molecular weight excluding hydrogens is 294 g/mol. The molecule has 0 aromatic carbocycles. The summed E-state index contributed by atoms with van der Waals surface area (Å²) in [6.07, 6.45) is 8.67. The van der Waals surface area contributed by atoms with E-state index in [-0.39, 0.29) is 18.4 Å². The number of amides is 2. The summed E-state index contributed by atoms with van der Waals surface area (Å²) in [6, 6.07) is 0. The number of rotatable bonds is 3. The summed E-state index contributed by atoms with van der Waals surface area (Å²) >= 11 is 0. The van der Waals surface area contributed by atoms with Gasteiger partial charge in [0.25, 0.3) is 0 Å². The highest BCUT2D eigenvalue weighted by molar-refractivity contribution is 5.85. The Balaban J connectivity index is 1.51. The summed E-state index contributed by atoms with van der Waals surface area (Å²) in [7, 11) is 0. The fraction of sp³-hybridized carbons (Fsp3) is 0.625. The molecule has 2 amide bonds. The van der Waals surface area contributed by atoms with Gasteiger partial charge in [0, 0.05) is 51.5 Å². The molecule has 2 aliphatic heterocycles. The minimum Gasteiger partial charge on any atom is -0.352 e. The Hall–Kier alpha value is -2.18. The second-order valence-electron chi connectivity index (χ2n) is 6.06. The van der Waals surface area contributed by atoms with Crippen LogP contribution in [0.2, 0.25) is 0 Å². The van der Waals surface area contributed by atoms with Crippen molar-refractivity contribution < 1.29 is 9.59 Å². The van der Waals surface area contributed by atoms with Crippen LogP contribution in [0, 0.1) is 0 Å². The van der Waals surface area contributed by atoms with Crippen LogP contribution >= 0.6 is 0 Å². The predicted molar refractivity (Wildman–Crippen MR) is 85.9 cm³/mol. The molecule has 1 aromatic heterocycles. The molecular formula is C16H23N5O2. The van der Waals surface area contributed by atoms with Gasteiger partial charge < -0.3 is 14.7 Å². The molecule has 2 aliphatic rings. The van der Waals surface area contributed by atoms with E-state index in [1.807, 2.05) is 4.90 Å². The Bertz CT molecular complexity index is 543. The SMILES string of the molecule is O=C(CN1CCCCCC1=O)N1CCN(c2cnccn2)CC1. The van der Waals surface area contributed by atoms with Gasteiger partial charge >= 0.3 is 0 Å². The molecule has 7 heteroatoms. The largest absolute Gasteiger partial charge is 0.352 e. The molecule has 0 saturated carbocycles. The second-order valence-corrected chi connectivity index (χ2v) is 6.06. The third-order valence-corrected chi connectivity index (χ3v) is 4.50. The minimum absolute atomic E-state index is 0.0547. The lowest BCUT2D eigenvalue weighted by atomic mass is 10.2. The molecule has 0 spiro atoms. The maximum Gasteiger partial charge on any atom is 0.242 e. The Morgan fingerprint density at radius 2 is 1.87 bits per heavy atom. The van der Waals surface area contributed by atoms with Crippen LogP contribution in [0.25, 0.3) is 0 Å². The van der Waals surface area contributed by atoms with Crippen molar-refractivity contribution in [2.24, 2.45) is 0 Å². The summed E-state index contributed by atoms with van der Waals surface area (Å²) in [5, 5.41) is 0. The predicted octanol–water partition coefficient (Wildman–Crippen LogP) is 0.528. The molecule has 0 bridgehead atoms. The summed E-state index contributed by atoms with van der Waals surface area (Å²) in [5.41, 5.74) is 0. The highest BCUT2D eigenvalue weighted by atomic mass is 16.2. The van der Waals surface area contributed by atoms with E-state index in [0.717, 1.165) is 38.2 Å². The molecule has 0 atom stereocenters. The van der Waals surface area contributed by atoms with Crippen LogP contribution in [-0.2, 0) is 9.59 Å². The van der Waals surface area contributed by atoms with Crippen LogP contribution in [-0.4, -0.2) is 70.9 Å². The first-order valence-electron chi connectivity index (χ1n) is 8.30. The van der Waals surface area contributed by atoms with Crippen LogP contribution in [0.3, 0.4) is 0 Å². The molecule has 3 rings (SSSR count). The zero-order valence-corrected chi connectivity index (χ0v) is 13.4. The van der Waals surface area contributed by atoms with E-state index in [1.54, 1.807) is 23.5 Å². The van der Waals surface area contributed by atoms with E-state index in [1.165, 1.54) is 0 Å². The first-order chi connectivity index (χ1) is 11.2. The van der Waals surface area contributed by atoms with Gasteiger partial charge in [-0.05, 0) is 12.8 Å². The van der Waals surface area contributed by atoms with Gasteiger partial charge in [-0.1, -0.05) is 6.42 Å². The highest BCUT2D eigenvalue weighted by Crippen LogP contribution is 2.14. The third kappa shape index (κ3) is 3.97. The smallest absolute Gasteiger partial charge is 0.242 e. The molecule has 2 fully saturated rings. The van der Waals surface area contributed by atoms with E-state index < -0.39 is 0 Å². The van der Waals surface area contributed by atoms with Crippen molar-refractivity contribution in [2.45, 2.75) is 25.7 Å². The molecule has 0 N–H and O–H groups in total. The number of anilines is 1. The first kappa shape index (κ1) is 15.7. The number of hydrogen-bond acceptors (Lipinski definition) is 5. The van der Waals surface area contributed by atoms with E-state index in [9.17, 15) is 9.59 Å². The Kier molecular flexibility index (Phi) is 5.05. The Labute approximate surface area is 136 Å². The van der Waals surface area contributed by atoms with Gasteiger partial charge in [-0.25, -0.2) is 4.98 Å². The minimum atomic E-state index is 0.0547. The lowest BCUT2D eigenvalue weighted by molar-refractivity contribution is -0.140. The van der Waals surface area contributed by atoms with Crippen molar-refractivity contribution in [1.82, 2.24) is 19.8 Å². The first-order valence-corrected chi connectivity index (χ1v) is 8.30. The Morgan fingerprint density at radius 3 is 2.61 bits per heavy atom. The second kappa shape index (κ2) is 7.39. The average molecular weight is 317 g/mol. The highest BCUT2D eigenvalue weighted by Gasteiger charge is 2.25. The van der Waals surface area contributed by atoms with Crippen LogP contribution in [0.1, 0.15) is 25.7 Å². The molecule has 23 heavy (non-hydrogen) atoms. The number of carbonyl (C=O) groups is 2. The molecule has 2 saturated heterocycles.